The van der Waals surface area contributed by atoms with Crippen molar-refractivity contribution in [2.45, 2.75) is 97.1 Å². The number of halogens is 2. The highest BCUT2D eigenvalue weighted by Gasteiger charge is 2.42. The number of fused-ring (bicyclic) bond motifs is 1. The molecule has 1 heterocycles. The van der Waals surface area contributed by atoms with E-state index in [0.717, 1.165) is 27.4 Å². The normalized spacial score (nSPS) is 21.8. The van der Waals surface area contributed by atoms with Gasteiger partial charge >= 0.3 is 5.97 Å². The Hall–Kier alpha value is -1.80. The van der Waals surface area contributed by atoms with Crippen LogP contribution >= 0.6 is 0 Å². The van der Waals surface area contributed by atoms with Crippen molar-refractivity contribution in [3.63, 3.8) is 0 Å². The number of carbonyl (C=O) groups excluding carboxylic acids is 2. The molecule has 5 nitrogen and oxygen atoms in total. The third-order valence-electron chi connectivity index (χ3n) is 6.88. The van der Waals surface area contributed by atoms with Crippen molar-refractivity contribution in [3.05, 3.63) is 27.8 Å². The largest absolute Gasteiger partial charge is 0.464 e. The van der Waals surface area contributed by atoms with Gasteiger partial charge in [0.2, 0.25) is 11.8 Å². The fraction of sp³-hybridized carbons (Fsp3) is 0.667. The number of rotatable bonds is 5. The maximum atomic E-state index is 14.1. The standard InChI is InChI=1S/C24H35F2NO4Si/c1-7-31-23(30)21(29)20-14(2)17-11-19(28)27(16-9-8-10-24(25,26)12-16)13-18(17)15(3)22(20)32(4,5)6/h16,21,29H,7-13H2,1-6H3/t16?,21-/m0/s1. The molecule has 1 aliphatic heterocycles. The summed E-state index contributed by atoms with van der Waals surface area (Å²) in [6, 6.07) is -0.459. The summed E-state index contributed by atoms with van der Waals surface area (Å²) < 4.78 is 33.2. The fourth-order valence-electron chi connectivity index (χ4n) is 5.51. The number of ether oxygens (including phenoxy) is 1. The smallest absolute Gasteiger partial charge is 0.339 e. The molecular formula is C24H35F2NO4Si. The molecule has 8 heteroatoms. The summed E-state index contributed by atoms with van der Waals surface area (Å²) in [7, 11) is -2.04. The van der Waals surface area contributed by atoms with Crippen LogP contribution in [0.25, 0.3) is 0 Å². The molecule has 1 amide bonds. The molecule has 0 radical (unpaired) electrons. The highest BCUT2D eigenvalue weighted by atomic mass is 28.3. The van der Waals surface area contributed by atoms with Crippen molar-refractivity contribution < 1.29 is 28.2 Å². The van der Waals surface area contributed by atoms with Gasteiger partial charge in [-0.2, -0.15) is 0 Å². The van der Waals surface area contributed by atoms with Crippen molar-refractivity contribution in [1.29, 1.82) is 0 Å². The monoisotopic (exact) mass is 467 g/mol. The van der Waals surface area contributed by atoms with E-state index in [1.54, 1.807) is 11.8 Å². The van der Waals surface area contributed by atoms with Gasteiger partial charge in [-0.05, 0) is 61.4 Å². The first-order valence-electron chi connectivity index (χ1n) is 11.5. The zero-order chi connectivity index (χ0) is 24.0. The molecule has 1 saturated carbocycles. The van der Waals surface area contributed by atoms with Crippen molar-refractivity contribution in [3.8, 4) is 0 Å². The second kappa shape index (κ2) is 8.86. The minimum absolute atomic E-state index is 0.0958. The summed E-state index contributed by atoms with van der Waals surface area (Å²) in [5, 5.41) is 11.9. The second-order valence-electron chi connectivity index (χ2n) is 10.2. The van der Waals surface area contributed by atoms with Crippen LogP contribution in [0.15, 0.2) is 0 Å². The highest BCUT2D eigenvalue weighted by Crippen LogP contribution is 2.39. The van der Waals surface area contributed by atoms with E-state index < -0.39 is 32.1 Å². The maximum Gasteiger partial charge on any atom is 0.339 e. The number of nitrogens with zero attached hydrogens (tertiary/aromatic N) is 1. The lowest BCUT2D eigenvalue weighted by atomic mass is 9.84. The van der Waals surface area contributed by atoms with Gasteiger partial charge in [-0.15, -0.1) is 0 Å². The van der Waals surface area contributed by atoms with Crippen LogP contribution in [-0.2, 0) is 27.3 Å². The van der Waals surface area contributed by atoms with Crippen LogP contribution < -0.4 is 5.19 Å². The van der Waals surface area contributed by atoms with Gasteiger partial charge in [-0.3, -0.25) is 4.79 Å². The average Bonchev–Trinajstić information content (AvgIpc) is 2.68. The van der Waals surface area contributed by atoms with Gasteiger partial charge in [-0.1, -0.05) is 24.8 Å². The van der Waals surface area contributed by atoms with Gasteiger partial charge in [0.15, 0.2) is 6.10 Å². The summed E-state index contributed by atoms with van der Waals surface area (Å²) >= 11 is 0. The maximum absolute atomic E-state index is 14.1. The third-order valence-corrected chi connectivity index (χ3v) is 9.03. The Morgan fingerprint density at radius 3 is 2.47 bits per heavy atom. The molecule has 2 atom stereocenters. The third kappa shape index (κ3) is 4.62. The van der Waals surface area contributed by atoms with Gasteiger partial charge in [0.05, 0.1) is 21.1 Å². The number of benzene rings is 1. The second-order valence-corrected chi connectivity index (χ2v) is 15.2. The Labute approximate surface area is 190 Å². The van der Waals surface area contributed by atoms with Crippen LogP contribution in [0.1, 0.15) is 66.5 Å². The van der Waals surface area contributed by atoms with E-state index >= 15 is 0 Å². The number of aliphatic hydroxyl groups is 1. The molecule has 1 fully saturated rings. The van der Waals surface area contributed by atoms with Crippen molar-refractivity contribution in [1.82, 2.24) is 4.90 Å². The average molecular weight is 468 g/mol. The van der Waals surface area contributed by atoms with Crippen LogP contribution in [-0.4, -0.2) is 48.5 Å². The summed E-state index contributed by atoms with van der Waals surface area (Å²) in [4.78, 5) is 27.1. The lowest BCUT2D eigenvalue weighted by Crippen LogP contribution is -2.50. The number of esters is 1. The number of amides is 1. The van der Waals surface area contributed by atoms with E-state index in [2.05, 4.69) is 19.6 Å². The van der Waals surface area contributed by atoms with Gasteiger partial charge in [0, 0.05) is 25.4 Å². The summed E-state index contributed by atoms with van der Waals surface area (Å²) in [5.41, 5.74) is 4.05. The zero-order valence-corrected chi connectivity index (χ0v) is 21.0. The molecule has 32 heavy (non-hydrogen) atoms. The molecule has 1 aliphatic carbocycles. The Balaban J connectivity index is 2.11. The van der Waals surface area contributed by atoms with Crippen LogP contribution in [0, 0.1) is 13.8 Å². The predicted molar refractivity (Wildman–Crippen MR) is 122 cm³/mol. The topological polar surface area (TPSA) is 66.8 Å². The quantitative estimate of drug-likeness (QED) is 0.527. The van der Waals surface area contributed by atoms with Crippen molar-refractivity contribution in [2.75, 3.05) is 6.61 Å². The van der Waals surface area contributed by atoms with E-state index in [1.165, 1.54) is 0 Å². The van der Waals surface area contributed by atoms with Gasteiger partial charge in [-0.25, -0.2) is 13.6 Å². The van der Waals surface area contributed by atoms with Crippen LogP contribution in [0.2, 0.25) is 19.6 Å². The van der Waals surface area contributed by atoms with E-state index in [9.17, 15) is 23.5 Å². The molecule has 1 unspecified atom stereocenters. The molecule has 1 aromatic rings. The molecule has 0 bridgehead atoms. The SMILES string of the molecule is CCOC(=O)[C@@H](O)c1c(C)c2c(c(C)c1[Si](C)(C)C)CN(C1CCCC(F)(F)C1)C(=O)C2. The predicted octanol–water partition coefficient (Wildman–Crippen LogP) is 3.91. The Morgan fingerprint density at radius 1 is 1.25 bits per heavy atom. The summed E-state index contributed by atoms with van der Waals surface area (Å²) in [6.07, 6.45) is -0.710. The molecule has 0 saturated heterocycles. The number of alkyl halides is 2. The minimum Gasteiger partial charge on any atom is -0.464 e. The fourth-order valence-corrected chi connectivity index (χ4v) is 7.92. The van der Waals surface area contributed by atoms with Crippen molar-refractivity contribution in [2.24, 2.45) is 0 Å². The highest BCUT2D eigenvalue weighted by molar-refractivity contribution is 6.89. The van der Waals surface area contributed by atoms with E-state index in [4.69, 9.17) is 4.74 Å². The lowest BCUT2D eigenvalue weighted by Gasteiger charge is -2.42. The Bertz CT molecular complexity index is 926. The van der Waals surface area contributed by atoms with Gasteiger partial charge < -0.3 is 14.7 Å². The van der Waals surface area contributed by atoms with Gasteiger partial charge in [0.25, 0.3) is 0 Å². The Kier molecular flexibility index (Phi) is 6.87. The first kappa shape index (κ1) is 24.8. The van der Waals surface area contributed by atoms with Crippen molar-refractivity contribution >= 4 is 25.1 Å². The Morgan fingerprint density at radius 2 is 1.91 bits per heavy atom. The molecule has 2 aliphatic rings. The summed E-state index contributed by atoms with van der Waals surface area (Å²) in [6.45, 7) is 12.4. The number of aliphatic hydroxyl groups excluding tert-OH is 1. The molecule has 178 valence electrons. The van der Waals surface area contributed by atoms with Crippen LogP contribution in [0.3, 0.4) is 0 Å². The molecule has 0 spiro atoms. The van der Waals surface area contributed by atoms with E-state index in [0.29, 0.717) is 24.9 Å². The van der Waals surface area contributed by atoms with Crippen LogP contribution in [0.4, 0.5) is 8.78 Å². The summed E-state index contributed by atoms with van der Waals surface area (Å²) in [5.74, 6) is -3.59. The first-order chi connectivity index (χ1) is 14.8. The molecular weight excluding hydrogens is 432 g/mol. The number of hydrogen-bond donors (Lipinski definition) is 1. The minimum atomic E-state index is -2.73. The lowest BCUT2D eigenvalue weighted by molar-refractivity contribution is -0.153. The number of hydrogen-bond acceptors (Lipinski definition) is 4. The molecule has 0 aromatic heterocycles. The molecule has 3 rings (SSSR count). The van der Waals surface area contributed by atoms with Crippen LogP contribution in [0.5, 0.6) is 0 Å². The first-order valence-corrected chi connectivity index (χ1v) is 15.0. The number of carbonyl (C=O) groups is 2. The molecule has 1 N–H and O–H groups in total. The van der Waals surface area contributed by atoms with E-state index in [1.807, 2.05) is 13.8 Å². The van der Waals surface area contributed by atoms with E-state index in [-0.39, 0.29) is 31.8 Å². The zero-order valence-electron chi connectivity index (χ0n) is 20.0. The molecule has 1 aromatic carbocycles. The van der Waals surface area contributed by atoms with Gasteiger partial charge in [0.1, 0.15) is 0 Å².